The van der Waals surface area contributed by atoms with Crippen molar-refractivity contribution < 1.29 is 22.4 Å². The van der Waals surface area contributed by atoms with Crippen LogP contribution in [0.4, 0.5) is 0 Å². The van der Waals surface area contributed by atoms with Crippen molar-refractivity contribution in [1.29, 1.82) is 0 Å². The highest BCUT2D eigenvalue weighted by Crippen LogP contribution is 2.23. The Balaban J connectivity index is 0.00000243. The Kier molecular flexibility index (Phi) is 6.33. The van der Waals surface area contributed by atoms with E-state index in [2.05, 4.69) is 5.32 Å². The van der Waals surface area contributed by atoms with Gasteiger partial charge in [-0.25, -0.2) is 13.6 Å². The lowest BCUT2D eigenvalue weighted by Crippen LogP contribution is -2.57. The quantitative estimate of drug-likeness (QED) is 0.709. The maximum Gasteiger partial charge on any atom is 0.289 e. The Morgan fingerprint density at radius 1 is 1.38 bits per heavy atom. The van der Waals surface area contributed by atoms with E-state index in [9.17, 15) is 18.0 Å². The Hall–Kier alpha value is -1.62. The van der Waals surface area contributed by atoms with Gasteiger partial charge in [-0.3, -0.25) is 9.59 Å². The number of likely N-dealkylation sites (tertiary alicyclic amines) is 1. The molecule has 1 aromatic heterocycles. The summed E-state index contributed by atoms with van der Waals surface area (Å²) in [6, 6.07) is 1.15. The molecule has 9 nitrogen and oxygen atoms in total. The van der Waals surface area contributed by atoms with Crippen molar-refractivity contribution in [3.8, 4) is 0 Å². The van der Waals surface area contributed by atoms with E-state index in [1.165, 1.54) is 13.0 Å². The molecule has 2 aliphatic heterocycles. The van der Waals surface area contributed by atoms with Crippen LogP contribution in [0.3, 0.4) is 0 Å². The number of piperidine rings is 1. The number of nitrogens with two attached hydrogens (primary N) is 1. The lowest BCUT2D eigenvalue weighted by Gasteiger charge is -2.40. The van der Waals surface area contributed by atoms with Gasteiger partial charge in [0, 0.05) is 38.3 Å². The number of hydrogen-bond acceptors (Lipinski definition) is 6. The molecule has 0 aromatic carbocycles. The third-order valence-corrected chi connectivity index (χ3v) is 5.66. The normalized spacial score (nSPS) is 21.5. The van der Waals surface area contributed by atoms with Crippen LogP contribution in [0.5, 0.6) is 0 Å². The fourth-order valence-corrected chi connectivity index (χ4v) is 4.12. The number of hydrogen-bond donors (Lipinski definition) is 2. The summed E-state index contributed by atoms with van der Waals surface area (Å²) in [5, 5.41) is 8.15. The van der Waals surface area contributed by atoms with Gasteiger partial charge >= 0.3 is 0 Å². The number of piperazine rings is 1. The largest absolute Gasteiger partial charge is 0.455 e. The molecule has 1 aromatic rings. The van der Waals surface area contributed by atoms with Gasteiger partial charge in [-0.15, -0.1) is 12.4 Å². The molecule has 0 radical (unpaired) electrons. The molecule has 0 bridgehead atoms. The Bertz CT molecular complexity index is 794. The van der Waals surface area contributed by atoms with Crippen LogP contribution < -0.4 is 10.5 Å². The first kappa shape index (κ1) is 20.7. The number of halogens is 1. The molecule has 1 unspecified atom stereocenters. The van der Waals surface area contributed by atoms with Crippen LogP contribution in [0.15, 0.2) is 15.4 Å². The summed E-state index contributed by atoms with van der Waals surface area (Å²) in [6.45, 7) is 4.09. The predicted octanol–water partition coefficient (Wildman–Crippen LogP) is -0.306. The summed E-state index contributed by atoms with van der Waals surface area (Å²) < 4.78 is 28.3. The molecule has 0 aliphatic carbocycles. The Morgan fingerprint density at radius 3 is 2.73 bits per heavy atom. The number of furan rings is 1. The number of carbonyl (C=O) groups is 2. The molecule has 2 fully saturated rings. The summed E-state index contributed by atoms with van der Waals surface area (Å²) in [6.07, 6.45) is 1.62. The molecule has 2 aliphatic rings. The fraction of sp³-hybridized carbons (Fsp3) is 0.600. The number of nitrogens with one attached hydrogen (secondary N) is 1. The van der Waals surface area contributed by atoms with Gasteiger partial charge in [0.05, 0.1) is 6.54 Å². The average molecular weight is 407 g/mol. The second-order valence-corrected chi connectivity index (χ2v) is 7.92. The molecule has 146 valence electrons. The van der Waals surface area contributed by atoms with E-state index in [-0.39, 0.29) is 46.7 Å². The number of sulfonamides is 1. The number of rotatable bonds is 3. The Morgan fingerprint density at radius 2 is 2.12 bits per heavy atom. The van der Waals surface area contributed by atoms with Crippen molar-refractivity contribution in [2.75, 3.05) is 32.7 Å². The summed E-state index contributed by atoms with van der Waals surface area (Å²) >= 11 is 0. The van der Waals surface area contributed by atoms with E-state index >= 15 is 0 Å². The van der Waals surface area contributed by atoms with E-state index in [1.807, 2.05) is 4.90 Å². The number of aryl methyl sites for hydroxylation is 1. The van der Waals surface area contributed by atoms with Gasteiger partial charge in [0.2, 0.25) is 15.9 Å². The second-order valence-electron chi connectivity index (χ2n) is 6.39. The molecular formula is C15H23ClN4O5S. The first-order valence-corrected chi connectivity index (χ1v) is 9.74. The van der Waals surface area contributed by atoms with E-state index < -0.39 is 10.0 Å². The molecule has 2 amide bonds. The summed E-state index contributed by atoms with van der Waals surface area (Å²) in [5.74, 6) is -0.299. The highest BCUT2D eigenvalue weighted by atomic mass is 35.5. The summed E-state index contributed by atoms with van der Waals surface area (Å²) in [5.41, 5.74) is 0. The molecule has 0 saturated carbocycles. The van der Waals surface area contributed by atoms with Crippen LogP contribution in [-0.4, -0.2) is 68.8 Å². The SMILES string of the molecule is Cc1oc(C(=O)N2CCCC(N3CCNCC3=O)C2)cc1S(N)(=O)=O.Cl. The van der Waals surface area contributed by atoms with Gasteiger partial charge in [-0.2, -0.15) is 0 Å². The molecule has 26 heavy (non-hydrogen) atoms. The lowest BCUT2D eigenvalue weighted by molar-refractivity contribution is -0.135. The van der Waals surface area contributed by atoms with Crippen molar-refractivity contribution in [2.24, 2.45) is 5.14 Å². The highest BCUT2D eigenvalue weighted by Gasteiger charge is 2.33. The molecule has 0 spiro atoms. The van der Waals surface area contributed by atoms with Crippen molar-refractivity contribution in [1.82, 2.24) is 15.1 Å². The minimum absolute atomic E-state index is 0. The van der Waals surface area contributed by atoms with Crippen LogP contribution in [0.1, 0.15) is 29.2 Å². The average Bonchev–Trinajstić information content (AvgIpc) is 2.97. The van der Waals surface area contributed by atoms with Crippen LogP contribution in [0.25, 0.3) is 0 Å². The van der Waals surface area contributed by atoms with E-state index in [0.29, 0.717) is 26.2 Å². The van der Waals surface area contributed by atoms with Gasteiger partial charge in [-0.05, 0) is 19.8 Å². The second kappa shape index (κ2) is 7.95. The molecule has 3 rings (SSSR count). The number of nitrogens with zero attached hydrogens (tertiary/aromatic N) is 2. The van der Waals surface area contributed by atoms with Crippen molar-refractivity contribution in [2.45, 2.75) is 30.7 Å². The molecule has 1 atom stereocenters. The first-order chi connectivity index (χ1) is 11.8. The van der Waals surface area contributed by atoms with Crippen molar-refractivity contribution in [3.05, 3.63) is 17.6 Å². The Labute approximate surface area is 158 Å². The molecular weight excluding hydrogens is 384 g/mol. The fourth-order valence-electron chi connectivity index (χ4n) is 3.41. The molecule has 3 heterocycles. The third-order valence-electron chi connectivity index (χ3n) is 4.64. The van der Waals surface area contributed by atoms with Gasteiger partial charge in [0.15, 0.2) is 5.76 Å². The number of carbonyl (C=O) groups excluding carboxylic acids is 2. The van der Waals surface area contributed by atoms with E-state index in [0.717, 1.165) is 19.4 Å². The van der Waals surface area contributed by atoms with Crippen LogP contribution >= 0.6 is 12.4 Å². The molecule has 11 heteroatoms. The third kappa shape index (κ3) is 4.20. The monoisotopic (exact) mass is 406 g/mol. The molecule has 2 saturated heterocycles. The van der Waals surface area contributed by atoms with Crippen molar-refractivity contribution in [3.63, 3.8) is 0 Å². The van der Waals surface area contributed by atoms with Gasteiger partial charge < -0.3 is 19.5 Å². The highest BCUT2D eigenvalue weighted by molar-refractivity contribution is 7.89. The smallest absolute Gasteiger partial charge is 0.289 e. The van der Waals surface area contributed by atoms with Gasteiger partial charge in [0.25, 0.3) is 5.91 Å². The van der Waals surface area contributed by atoms with Crippen LogP contribution in [0, 0.1) is 6.92 Å². The minimum atomic E-state index is -3.94. The minimum Gasteiger partial charge on any atom is -0.455 e. The van der Waals surface area contributed by atoms with Crippen LogP contribution in [-0.2, 0) is 14.8 Å². The maximum atomic E-state index is 12.7. The molecule has 3 N–H and O–H groups in total. The van der Waals surface area contributed by atoms with Crippen molar-refractivity contribution >= 4 is 34.2 Å². The van der Waals surface area contributed by atoms with E-state index in [1.54, 1.807) is 4.90 Å². The van der Waals surface area contributed by atoms with Gasteiger partial charge in [-0.1, -0.05) is 0 Å². The number of amides is 2. The zero-order chi connectivity index (χ0) is 18.2. The lowest BCUT2D eigenvalue weighted by atomic mass is 10.0. The zero-order valence-electron chi connectivity index (χ0n) is 14.4. The van der Waals surface area contributed by atoms with E-state index in [4.69, 9.17) is 9.56 Å². The van der Waals surface area contributed by atoms with Crippen LogP contribution in [0.2, 0.25) is 0 Å². The maximum absolute atomic E-state index is 12.7. The standard InChI is InChI=1S/C15H22N4O5S.ClH/c1-10-13(25(16,22)23)7-12(24-10)15(21)18-5-2-3-11(9-18)19-6-4-17-8-14(19)20;/h7,11,17H,2-6,8-9H2,1H3,(H2,16,22,23);1H. The predicted molar refractivity (Wildman–Crippen MR) is 95.6 cm³/mol. The topological polar surface area (TPSA) is 126 Å². The first-order valence-electron chi connectivity index (χ1n) is 8.20. The summed E-state index contributed by atoms with van der Waals surface area (Å²) in [4.78, 5) is 28.0. The number of primary sulfonamides is 1. The summed E-state index contributed by atoms with van der Waals surface area (Å²) in [7, 11) is -3.94. The van der Waals surface area contributed by atoms with Gasteiger partial charge in [0.1, 0.15) is 10.7 Å². The zero-order valence-corrected chi connectivity index (χ0v) is 16.1.